The van der Waals surface area contributed by atoms with E-state index in [0.717, 1.165) is 63.5 Å². The second-order valence-corrected chi connectivity index (χ2v) is 14.1. The van der Waals surface area contributed by atoms with Crippen LogP contribution >= 0.6 is 0 Å². The minimum absolute atomic E-state index is 0.0415. The molecule has 256 valence electrons. The summed E-state index contributed by atoms with van der Waals surface area (Å²) in [5.74, 6) is 1.67. The summed E-state index contributed by atoms with van der Waals surface area (Å²) in [6.45, 7) is 13.2. The topological polar surface area (TPSA) is 65.0 Å². The molecule has 4 rings (SSSR count). The van der Waals surface area contributed by atoms with Crippen molar-refractivity contribution in [1.82, 2.24) is 0 Å². The van der Waals surface area contributed by atoms with Gasteiger partial charge in [-0.2, -0.15) is 0 Å². The van der Waals surface area contributed by atoms with E-state index in [0.29, 0.717) is 6.61 Å². The average molecular weight is 643 g/mol. The van der Waals surface area contributed by atoms with Crippen molar-refractivity contribution in [1.29, 1.82) is 0 Å². The Bertz CT molecular complexity index is 1350. The fourth-order valence-electron chi connectivity index (χ4n) is 7.38. The third kappa shape index (κ3) is 10.1. The molecule has 0 aromatic heterocycles. The van der Waals surface area contributed by atoms with Crippen LogP contribution in [0.25, 0.3) is 0 Å². The second kappa shape index (κ2) is 17.2. The molecule has 0 bridgehead atoms. The number of phenolic OH excluding ortho intramolecular Hbond substituents is 1. The molecule has 1 saturated carbocycles. The molecule has 3 aromatic carbocycles. The maximum atomic E-state index is 14.1. The Kier molecular flexibility index (Phi) is 13.4. The molecule has 0 heterocycles. The van der Waals surface area contributed by atoms with Crippen LogP contribution in [0, 0.1) is 5.41 Å². The Labute approximate surface area is 284 Å². The Balaban J connectivity index is 1.60. The highest BCUT2D eigenvalue weighted by molar-refractivity contribution is 5.77. The molecule has 0 radical (unpaired) electrons. The molecule has 0 amide bonds. The van der Waals surface area contributed by atoms with E-state index < -0.39 is 5.41 Å². The molecule has 3 aromatic rings. The first-order valence-electron chi connectivity index (χ1n) is 18.1. The van der Waals surface area contributed by atoms with Crippen molar-refractivity contribution in [3.05, 3.63) is 95.6 Å². The summed E-state index contributed by atoms with van der Waals surface area (Å²) in [6, 6.07) is 26.7. The van der Waals surface area contributed by atoms with E-state index in [1.807, 2.05) is 26.0 Å². The SMILES string of the molecule is CCOC(C)Oc1ccc(C(C)CC(CC(CC(C)(CC)C(=O)OC2(CC)CCCCC2)c2ccccc2)c2ccc(O)cc2)cc1. The van der Waals surface area contributed by atoms with E-state index in [9.17, 15) is 9.90 Å². The van der Waals surface area contributed by atoms with Gasteiger partial charge < -0.3 is 19.3 Å². The van der Waals surface area contributed by atoms with E-state index in [4.69, 9.17) is 14.2 Å². The van der Waals surface area contributed by atoms with E-state index in [1.54, 1.807) is 12.1 Å². The molecule has 5 unspecified atom stereocenters. The zero-order valence-corrected chi connectivity index (χ0v) is 29.7. The van der Waals surface area contributed by atoms with Crippen LogP contribution in [0.2, 0.25) is 0 Å². The van der Waals surface area contributed by atoms with Gasteiger partial charge in [0.2, 0.25) is 0 Å². The molecule has 0 aliphatic heterocycles. The summed E-state index contributed by atoms with van der Waals surface area (Å²) < 4.78 is 18.0. The quantitative estimate of drug-likeness (QED) is 0.117. The van der Waals surface area contributed by atoms with Crippen molar-refractivity contribution in [3.63, 3.8) is 0 Å². The van der Waals surface area contributed by atoms with E-state index >= 15 is 0 Å². The van der Waals surface area contributed by atoms with Gasteiger partial charge in [0.15, 0.2) is 6.29 Å². The van der Waals surface area contributed by atoms with E-state index in [2.05, 4.69) is 82.3 Å². The summed E-state index contributed by atoms with van der Waals surface area (Å²) in [4.78, 5) is 14.1. The standard InChI is InChI=1S/C42H58O5/c1-7-41(6,40(44)47-42(8-2)26-14-11-15-27-42)30-37(34-16-12-10-13-17-34)29-36(35-18-22-38(43)23-19-35)28-31(4)33-20-24-39(25-21-33)46-32(5)45-9-3/h10,12-13,16-25,31-32,36-37,43H,7-9,11,14-15,26-30H2,1-6H3. The summed E-state index contributed by atoms with van der Waals surface area (Å²) in [7, 11) is 0. The molecule has 5 heteroatoms. The van der Waals surface area contributed by atoms with Gasteiger partial charge in [0.25, 0.3) is 0 Å². The third-order valence-electron chi connectivity index (χ3n) is 10.7. The van der Waals surface area contributed by atoms with Crippen molar-refractivity contribution in [3.8, 4) is 11.5 Å². The molecule has 0 spiro atoms. The van der Waals surface area contributed by atoms with Gasteiger partial charge in [-0.15, -0.1) is 0 Å². The van der Waals surface area contributed by atoms with Crippen molar-refractivity contribution < 1.29 is 24.1 Å². The molecular weight excluding hydrogens is 584 g/mol. The van der Waals surface area contributed by atoms with Crippen LogP contribution in [0.4, 0.5) is 0 Å². The Morgan fingerprint density at radius 1 is 0.809 bits per heavy atom. The highest BCUT2D eigenvalue weighted by Crippen LogP contribution is 2.45. The summed E-state index contributed by atoms with van der Waals surface area (Å²) >= 11 is 0. The Hall–Kier alpha value is -3.31. The third-order valence-corrected chi connectivity index (χ3v) is 10.7. The lowest BCUT2D eigenvalue weighted by Gasteiger charge is -2.40. The van der Waals surface area contributed by atoms with Crippen LogP contribution in [0.15, 0.2) is 78.9 Å². The lowest BCUT2D eigenvalue weighted by molar-refractivity contribution is -0.176. The molecule has 1 fully saturated rings. The fourth-order valence-corrected chi connectivity index (χ4v) is 7.38. The maximum absolute atomic E-state index is 14.1. The molecule has 5 nitrogen and oxygen atoms in total. The van der Waals surface area contributed by atoms with Gasteiger partial charge >= 0.3 is 5.97 Å². The number of carbonyl (C=O) groups excluding carboxylic acids is 1. The largest absolute Gasteiger partial charge is 0.508 e. The van der Waals surface area contributed by atoms with Crippen LogP contribution in [0.5, 0.6) is 11.5 Å². The predicted octanol–water partition coefficient (Wildman–Crippen LogP) is 11.1. The van der Waals surface area contributed by atoms with Gasteiger partial charge in [0.1, 0.15) is 17.1 Å². The van der Waals surface area contributed by atoms with Gasteiger partial charge in [-0.1, -0.05) is 81.8 Å². The van der Waals surface area contributed by atoms with Crippen molar-refractivity contribution in [2.75, 3.05) is 6.61 Å². The van der Waals surface area contributed by atoms with Crippen molar-refractivity contribution >= 4 is 5.97 Å². The summed E-state index contributed by atoms with van der Waals surface area (Å²) in [5, 5.41) is 10.1. The number of hydrogen-bond donors (Lipinski definition) is 1. The summed E-state index contributed by atoms with van der Waals surface area (Å²) in [5.41, 5.74) is 2.79. The molecule has 1 aliphatic rings. The first-order valence-corrected chi connectivity index (χ1v) is 18.1. The molecule has 1 N–H and O–H groups in total. The van der Waals surface area contributed by atoms with Crippen LogP contribution in [0.1, 0.15) is 140 Å². The number of carbonyl (C=O) groups is 1. The van der Waals surface area contributed by atoms with Gasteiger partial charge in [0.05, 0.1) is 5.41 Å². The molecule has 0 saturated heterocycles. The van der Waals surface area contributed by atoms with Gasteiger partial charge in [-0.3, -0.25) is 4.79 Å². The molecule has 5 atom stereocenters. The number of benzene rings is 3. The number of rotatable bonds is 17. The van der Waals surface area contributed by atoms with Crippen LogP contribution in [-0.4, -0.2) is 29.6 Å². The molecular formula is C42H58O5. The maximum Gasteiger partial charge on any atom is 0.312 e. The monoisotopic (exact) mass is 642 g/mol. The number of hydrogen-bond acceptors (Lipinski definition) is 5. The van der Waals surface area contributed by atoms with Crippen LogP contribution in [-0.2, 0) is 14.3 Å². The lowest BCUT2D eigenvalue weighted by atomic mass is 9.71. The molecule has 47 heavy (non-hydrogen) atoms. The minimum atomic E-state index is -0.598. The highest BCUT2D eigenvalue weighted by Gasteiger charge is 2.42. The second-order valence-electron chi connectivity index (χ2n) is 14.1. The number of aromatic hydroxyl groups is 1. The predicted molar refractivity (Wildman–Crippen MR) is 191 cm³/mol. The summed E-state index contributed by atoms with van der Waals surface area (Å²) in [6.07, 6.45) is 9.26. The van der Waals surface area contributed by atoms with Crippen LogP contribution in [0.3, 0.4) is 0 Å². The first-order chi connectivity index (χ1) is 22.6. The lowest BCUT2D eigenvalue weighted by Crippen LogP contribution is -2.42. The van der Waals surface area contributed by atoms with E-state index in [1.165, 1.54) is 23.1 Å². The normalized spacial score (nSPS) is 18.3. The smallest absolute Gasteiger partial charge is 0.312 e. The fraction of sp³-hybridized carbons (Fsp3) is 0.548. The van der Waals surface area contributed by atoms with Crippen molar-refractivity contribution in [2.45, 2.75) is 135 Å². The highest BCUT2D eigenvalue weighted by atomic mass is 16.7. The van der Waals surface area contributed by atoms with Crippen molar-refractivity contribution in [2.24, 2.45) is 5.41 Å². The zero-order chi connectivity index (χ0) is 33.9. The Morgan fingerprint density at radius 2 is 1.43 bits per heavy atom. The zero-order valence-electron chi connectivity index (χ0n) is 29.7. The van der Waals surface area contributed by atoms with Crippen LogP contribution < -0.4 is 4.74 Å². The van der Waals surface area contributed by atoms with Gasteiger partial charge in [-0.25, -0.2) is 0 Å². The average Bonchev–Trinajstić information content (AvgIpc) is 3.09. The number of ether oxygens (including phenoxy) is 3. The molecule has 1 aliphatic carbocycles. The Morgan fingerprint density at radius 3 is 2.02 bits per heavy atom. The number of esters is 1. The number of phenols is 1. The first kappa shape index (κ1) is 36.5. The minimum Gasteiger partial charge on any atom is -0.508 e. The van der Waals surface area contributed by atoms with Gasteiger partial charge in [-0.05, 0) is 137 Å². The van der Waals surface area contributed by atoms with Gasteiger partial charge in [0, 0.05) is 6.61 Å². The van der Waals surface area contributed by atoms with E-state index in [-0.39, 0.29) is 41.4 Å².